The largest absolute Gasteiger partial charge is 0.357 e. The van der Waals surface area contributed by atoms with Gasteiger partial charge in [-0.15, -0.1) is 0 Å². The van der Waals surface area contributed by atoms with Crippen LogP contribution in [0.2, 0.25) is 0 Å². The fourth-order valence-electron chi connectivity index (χ4n) is 2.00. The lowest BCUT2D eigenvalue weighted by Gasteiger charge is -2.22. The average molecular weight is 277 g/mol. The molecule has 112 valence electrons. The molecular weight excluding hydrogens is 250 g/mol. The minimum Gasteiger partial charge on any atom is -0.357 e. The first-order chi connectivity index (χ1) is 9.62. The molecule has 0 aliphatic heterocycles. The van der Waals surface area contributed by atoms with Gasteiger partial charge in [0, 0.05) is 25.3 Å². The van der Waals surface area contributed by atoms with E-state index in [-0.39, 0.29) is 11.9 Å². The van der Waals surface area contributed by atoms with Gasteiger partial charge < -0.3 is 10.2 Å². The van der Waals surface area contributed by atoms with Crippen molar-refractivity contribution in [2.45, 2.75) is 53.0 Å². The second kappa shape index (κ2) is 8.56. The van der Waals surface area contributed by atoms with E-state index in [1.807, 2.05) is 19.1 Å². The standard InChI is InChI=1S/C16H27N3O/c1-5-10-19(11-6-2)15-9-8-14(12-17-15)16(20)18-13(4)7-3/h8-9,12-13H,5-7,10-11H2,1-4H3,(H,18,20). The summed E-state index contributed by atoms with van der Waals surface area (Å²) in [5.74, 6) is 0.907. The molecule has 20 heavy (non-hydrogen) atoms. The first kappa shape index (κ1) is 16.5. The van der Waals surface area contributed by atoms with Gasteiger partial charge in [0.1, 0.15) is 5.82 Å². The molecule has 1 aromatic rings. The highest BCUT2D eigenvalue weighted by Crippen LogP contribution is 2.12. The minimum atomic E-state index is -0.0454. The molecule has 1 amide bonds. The van der Waals surface area contributed by atoms with Crippen LogP contribution in [0.3, 0.4) is 0 Å². The lowest BCUT2D eigenvalue weighted by Crippen LogP contribution is -2.32. The van der Waals surface area contributed by atoms with Gasteiger partial charge in [-0.25, -0.2) is 4.98 Å². The molecular formula is C16H27N3O. The van der Waals surface area contributed by atoms with Crippen molar-refractivity contribution in [1.82, 2.24) is 10.3 Å². The molecule has 1 atom stereocenters. The number of aromatic nitrogens is 1. The van der Waals surface area contributed by atoms with Crippen molar-refractivity contribution in [3.63, 3.8) is 0 Å². The first-order valence-corrected chi connectivity index (χ1v) is 7.64. The quantitative estimate of drug-likeness (QED) is 0.793. The molecule has 4 nitrogen and oxygen atoms in total. The summed E-state index contributed by atoms with van der Waals surface area (Å²) in [7, 11) is 0. The topological polar surface area (TPSA) is 45.2 Å². The predicted molar refractivity (Wildman–Crippen MR) is 84.3 cm³/mol. The summed E-state index contributed by atoms with van der Waals surface area (Å²) in [6, 6.07) is 3.99. The zero-order valence-corrected chi connectivity index (χ0v) is 13.1. The predicted octanol–water partition coefficient (Wildman–Crippen LogP) is 3.24. The molecule has 0 saturated carbocycles. The Morgan fingerprint density at radius 3 is 2.35 bits per heavy atom. The Hall–Kier alpha value is -1.58. The number of hydrogen-bond acceptors (Lipinski definition) is 3. The van der Waals surface area contributed by atoms with Gasteiger partial charge >= 0.3 is 0 Å². The summed E-state index contributed by atoms with van der Waals surface area (Å²) >= 11 is 0. The lowest BCUT2D eigenvalue weighted by atomic mass is 10.2. The Morgan fingerprint density at radius 2 is 1.90 bits per heavy atom. The summed E-state index contributed by atoms with van der Waals surface area (Å²) in [6.45, 7) is 10.4. The highest BCUT2D eigenvalue weighted by atomic mass is 16.1. The van der Waals surface area contributed by atoms with Gasteiger partial charge in [0.2, 0.25) is 0 Å². The van der Waals surface area contributed by atoms with Crippen LogP contribution in [0.25, 0.3) is 0 Å². The SMILES string of the molecule is CCCN(CCC)c1ccc(C(=O)NC(C)CC)cn1. The molecule has 0 fully saturated rings. The van der Waals surface area contributed by atoms with Gasteiger partial charge in [0.15, 0.2) is 0 Å². The van der Waals surface area contributed by atoms with E-state index in [1.54, 1.807) is 6.20 Å². The van der Waals surface area contributed by atoms with E-state index in [0.29, 0.717) is 5.56 Å². The van der Waals surface area contributed by atoms with Crippen molar-refractivity contribution in [2.24, 2.45) is 0 Å². The summed E-state index contributed by atoms with van der Waals surface area (Å²) in [4.78, 5) is 18.7. The number of hydrogen-bond donors (Lipinski definition) is 1. The van der Waals surface area contributed by atoms with E-state index in [2.05, 4.69) is 36.0 Å². The molecule has 0 spiro atoms. The normalized spacial score (nSPS) is 12.0. The number of rotatable bonds is 8. The Labute approximate surface area is 122 Å². The van der Waals surface area contributed by atoms with Crippen LogP contribution < -0.4 is 10.2 Å². The monoisotopic (exact) mass is 277 g/mol. The third-order valence-electron chi connectivity index (χ3n) is 3.31. The maximum absolute atomic E-state index is 12.0. The summed E-state index contributed by atoms with van der Waals surface area (Å²) in [5.41, 5.74) is 0.627. The van der Waals surface area contributed by atoms with Gasteiger partial charge in [-0.3, -0.25) is 4.79 Å². The number of carbonyl (C=O) groups is 1. The van der Waals surface area contributed by atoms with Crippen molar-refractivity contribution in [3.8, 4) is 0 Å². The molecule has 1 N–H and O–H groups in total. The van der Waals surface area contributed by atoms with E-state index in [0.717, 1.165) is 38.2 Å². The fraction of sp³-hybridized carbons (Fsp3) is 0.625. The molecule has 0 aliphatic carbocycles. The van der Waals surface area contributed by atoms with E-state index < -0.39 is 0 Å². The van der Waals surface area contributed by atoms with Gasteiger partial charge in [0.05, 0.1) is 5.56 Å². The molecule has 1 unspecified atom stereocenters. The molecule has 0 bridgehead atoms. The number of nitrogens with one attached hydrogen (secondary N) is 1. The van der Waals surface area contributed by atoms with Crippen LogP contribution >= 0.6 is 0 Å². The summed E-state index contributed by atoms with van der Waals surface area (Å²) in [6.07, 6.45) is 4.79. The smallest absolute Gasteiger partial charge is 0.253 e. The second-order valence-electron chi connectivity index (χ2n) is 5.17. The zero-order chi connectivity index (χ0) is 15.0. The highest BCUT2D eigenvalue weighted by Gasteiger charge is 2.11. The second-order valence-corrected chi connectivity index (χ2v) is 5.17. The Morgan fingerprint density at radius 1 is 1.25 bits per heavy atom. The minimum absolute atomic E-state index is 0.0454. The van der Waals surface area contributed by atoms with Gasteiger partial charge in [-0.2, -0.15) is 0 Å². The van der Waals surface area contributed by atoms with Crippen LogP contribution in [0.1, 0.15) is 57.3 Å². The molecule has 0 saturated heterocycles. The van der Waals surface area contributed by atoms with Crippen molar-refractivity contribution >= 4 is 11.7 Å². The van der Waals surface area contributed by atoms with Crippen LogP contribution in [-0.4, -0.2) is 30.0 Å². The maximum atomic E-state index is 12.0. The van der Waals surface area contributed by atoms with E-state index in [4.69, 9.17) is 0 Å². The number of pyridine rings is 1. The first-order valence-electron chi connectivity index (χ1n) is 7.64. The number of nitrogens with zero attached hydrogens (tertiary/aromatic N) is 2. The third-order valence-corrected chi connectivity index (χ3v) is 3.31. The molecule has 0 aliphatic rings. The van der Waals surface area contributed by atoms with Gasteiger partial charge in [-0.1, -0.05) is 20.8 Å². The van der Waals surface area contributed by atoms with Gasteiger partial charge in [0.25, 0.3) is 5.91 Å². The number of amides is 1. The maximum Gasteiger partial charge on any atom is 0.253 e. The highest BCUT2D eigenvalue weighted by molar-refractivity contribution is 5.94. The molecule has 1 heterocycles. The molecule has 0 radical (unpaired) electrons. The van der Waals surface area contributed by atoms with E-state index >= 15 is 0 Å². The molecule has 0 aromatic carbocycles. The number of carbonyl (C=O) groups excluding carboxylic acids is 1. The third kappa shape index (κ3) is 4.83. The molecule has 4 heteroatoms. The van der Waals surface area contributed by atoms with Crippen LogP contribution in [0, 0.1) is 0 Å². The van der Waals surface area contributed by atoms with Crippen LogP contribution in [-0.2, 0) is 0 Å². The van der Waals surface area contributed by atoms with E-state index in [1.165, 1.54) is 0 Å². The van der Waals surface area contributed by atoms with Crippen molar-refractivity contribution in [2.75, 3.05) is 18.0 Å². The van der Waals surface area contributed by atoms with Crippen molar-refractivity contribution in [3.05, 3.63) is 23.9 Å². The summed E-state index contributed by atoms with van der Waals surface area (Å²) in [5, 5.41) is 2.95. The lowest BCUT2D eigenvalue weighted by molar-refractivity contribution is 0.0939. The van der Waals surface area contributed by atoms with Crippen LogP contribution in [0.4, 0.5) is 5.82 Å². The van der Waals surface area contributed by atoms with Crippen LogP contribution in [0.5, 0.6) is 0 Å². The van der Waals surface area contributed by atoms with E-state index in [9.17, 15) is 4.79 Å². The zero-order valence-electron chi connectivity index (χ0n) is 13.1. The molecule has 1 aromatic heterocycles. The van der Waals surface area contributed by atoms with Gasteiger partial charge in [-0.05, 0) is 38.3 Å². The Kier molecular flexibility index (Phi) is 7.05. The Bertz CT molecular complexity index is 397. The van der Waals surface area contributed by atoms with Crippen molar-refractivity contribution in [1.29, 1.82) is 0 Å². The fourth-order valence-corrected chi connectivity index (χ4v) is 2.00. The summed E-state index contributed by atoms with van der Waals surface area (Å²) < 4.78 is 0. The number of anilines is 1. The van der Waals surface area contributed by atoms with Crippen LogP contribution in [0.15, 0.2) is 18.3 Å². The Balaban J connectivity index is 2.73. The van der Waals surface area contributed by atoms with Crippen molar-refractivity contribution < 1.29 is 4.79 Å². The average Bonchev–Trinajstić information content (AvgIpc) is 2.47. The molecule has 1 rings (SSSR count).